The summed E-state index contributed by atoms with van der Waals surface area (Å²) in [6.07, 6.45) is 1.61. The quantitative estimate of drug-likeness (QED) is 0.942. The van der Waals surface area contributed by atoms with Crippen LogP contribution in [-0.2, 0) is 25.9 Å². The highest BCUT2D eigenvalue weighted by Crippen LogP contribution is 2.24. The number of fused-ring (bicyclic) bond motifs is 1. The van der Waals surface area contributed by atoms with Crippen LogP contribution in [0.25, 0.3) is 0 Å². The maximum absolute atomic E-state index is 6.05. The molecular formula is C15H15Cl2N3. The van der Waals surface area contributed by atoms with Crippen LogP contribution in [0.3, 0.4) is 0 Å². The highest BCUT2D eigenvalue weighted by atomic mass is 35.5. The second kappa shape index (κ2) is 5.68. The molecule has 0 aliphatic carbocycles. The van der Waals surface area contributed by atoms with Crippen LogP contribution >= 0.6 is 23.2 Å². The smallest absolute Gasteiger partial charge is 0.133 e. The van der Waals surface area contributed by atoms with Gasteiger partial charge < -0.3 is 5.32 Å². The molecule has 0 saturated heterocycles. The fourth-order valence-corrected chi connectivity index (χ4v) is 2.82. The highest BCUT2D eigenvalue weighted by Gasteiger charge is 2.17. The van der Waals surface area contributed by atoms with Crippen LogP contribution in [0.1, 0.15) is 35.3 Å². The van der Waals surface area contributed by atoms with Crippen LogP contribution in [0.5, 0.6) is 0 Å². The van der Waals surface area contributed by atoms with Crippen LogP contribution < -0.4 is 5.32 Å². The SMILES string of the molecule is CCc1nc(Cc2ccc(Cl)c(Cl)c2)nc2c1CNC2. The Bertz CT molecular complexity index is 656. The molecule has 0 spiro atoms. The van der Waals surface area contributed by atoms with E-state index in [9.17, 15) is 0 Å². The molecule has 2 aromatic rings. The van der Waals surface area contributed by atoms with Gasteiger partial charge in [0.25, 0.3) is 0 Å². The molecule has 5 heteroatoms. The molecule has 0 unspecified atom stereocenters. The average Bonchev–Trinajstić information content (AvgIpc) is 2.90. The maximum Gasteiger partial charge on any atom is 0.133 e. The highest BCUT2D eigenvalue weighted by molar-refractivity contribution is 6.42. The van der Waals surface area contributed by atoms with Gasteiger partial charge in [0.15, 0.2) is 0 Å². The van der Waals surface area contributed by atoms with Gasteiger partial charge in [0, 0.05) is 30.8 Å². The molecule has 1 aromatic carbocycles. The lowest BCUT2D eigenvalue weighted by Gasteiger charge is -2.08. The third-order valence-corrected chi connectivity index (χ3v) is 4.24. The number of hydrogen-bond acceptors (Lipinski definition) is 3. The van der Waals surface area contributed by atoms with Crippen molar-refractivity contribution in [2.24, 2.45) is 0 Å². The van der Waals surface area contributed by atoms with Crippen LogP contribution in [-0.4, -0.2) is 9.97 Å². The predicted octanol–water partition coefficient (Wildman–Crippen LogP) is 3.54. The van der Waals surface area contributed by atoms with Gasteiger partial charge in [0.1, 0.15) is 5.82 Å². The molecule has 0 bridgehead atoms. The molecule has 0 atom stereocenters. The number of hydrogen-bond donors (Lipinski definition) is 1. The van der Waals surface area contributed by atoms with Crippen molar-refractivity contribution in [1.82, 2.24) is 15.3 Å². The largest absolute Gasteiger partial charge is 0.307 e. The van der Waals surface area contributed by atoms with E-state index in [1.54, 1.807) is 0 Å². The number of benzene rings is 1. The molecule has 1 aromatic heterocycles. The third kappa shape index (κ3) is 2.66. The van der Waals surface area contributed by atoms with E-state index >= 15 is 0 Å². The zero-order valence-electron chi connectivity index (χ0n) is 11.2. The van der Waals surface area contributed by atoms with E-state index in [2.05, 4.69) is 22.2 Å². The number of nitrogens with one attached hydrogen (secondary N) is 1. The van der Waals surface area contributed by atoms with Gasteiger partial charge in [0.05, 0.1) is 15.7 Å². The van der Waals surface area contributed by atoms with Crippen LogP contribution in [0, 0.1) is 0 Å². The summed E-state index contributed by atoms with van der Waals surface area (Å²) >= 11 is 12.0. The number of halogens is 2. The van der Waals surface area contributed by atoms with Crippen molar-refractivity contribution in [1.29, 1.82) is 0 Å². The van der Waals surface area contributed by atoms with E-state index in [0.717, 1.165) is 42.3 Å². The first-order valence-electron chi connectivity index (χ1n) is 6.69. The van der Waals surface area contributed by atoms with Crippen molar-refractivity contribution in [3.05, 3.63) is 56.6 Å². The summed E-state index contributed by atoms with van der Waals surface area (Å²) in [5, 5.41) is 4.47. The third-order valence-electron chi connectivity index (χ3n) is 3.50. The standard InChI is InChI=1S/C15H15Cl2N3/c1-2-13-10-7-18-8-14(10)20-15(19-13)6-9-3-4-11(16)12(17)5-9/h3-5,18H,2,6-8H2,1H3. The van der Waals surface area contributed by atoms with Crippen molar-refractivity contribution in [3.63, 3.8) is 0 Å². The Morgan fingerprint density at radius 2 is 2.00 bits per heavy atom. The molecule has 0 saturated carbocycles. The normalized spacial score (nSPS) is 13.6. The minimum absolute atomic E-state index is 0.572. The van der Waals surface area contributed by atoms with Crippen LogP contribution in [0.2, 0.25) is 10.0 Å². The molecule has 0 radical (unpaired) electrons. The second-order valence-electron chi connectivity index (χ2n) is 4.89. The van der Waals surface area contributed by atoms with E-state index in [0.29, 0.717) is 16.5 Å². The number of aryl methyl sites for hydroxylation is 1. The second-order valence-corrected chi connectivity index (χ2v) is 5.71. The van der Waals surface area contributed by atoms with E-state index < -0.39 is 0 Å². The van der Waals surface area contributed by atoms with Crippen molar-refractivity contribution in [2.75, 3.05) is 0 Å². The maximum atomic E-state index is 6.05. The van der Waals surface area contributed by atoms with Gasteiger partial charge in [-0.05, 0) is 24.1 Å². The minimum Gasteiger partial charge on any atom is -0.307 e. The monoisotopic (exact) mass is 307 g/mol. The van der Waals surface area contributed by atoms with Crippen molar-refractivity contribution in [2.45, 2.75) is 32.9 Å². The summed E-state index contributed by atoms with van der Waals surface area (Å²) in [5.41, 5.74) is 4.62. The van der Waals surface area contributed by atoms with Crippen molar-refractivity contribution >= 4 is 23.2 Å². The topological polar surface area (TPSA) is 37.8 Å². The number of nitrogens with zero attached hydrogens (tertiary/aromatic N) is 2. The van der Waals surface area contributed by atoms with Gasteiger partial charge in [-0.1, -0.05) is 36.2 Å². The van der Waals surface area contributed by atoms with E-state index in [1.807, 2.05) is 18.2 Å². The molecule has 2 heterocycles. The Kier molecular flexibility index (Phi) is 3.92. The predicted molar refractivity (Wildman–Crippen MR) is 81.2 cm³/mol. The molecule has 3 rings (SSSR count). The summed E-state index contributed by atoms with van der Waals surface area (Å²) in [7, 11) is 0. The lowest BCUT2D eigenvalue weighted by Crippen LogP contribution is -2.06. The Hall–Kier alpha value is -1.16. The van der Waals surface area contributed by atoms with Gasteiger partial charge in [0.2, 0.25) is 0 Å². The van der Waals surface area contributed by atoms with Crippen molar-refractivity contribution < 1.29 is 0 Å². The first-order chi connectivity index (χ1) is 9.67. The first-order valence-corrected chi connectivity index (χ1v) is 7.45. The van der Waals surface area contributed by atoms with Gasteiger partial charge in [-0.25, -0.2) is 9.97 Å². The lowest BCUT2D eigenvalue weighted by atomic mass is 10.1. The lowest BCUT2D eigenvalue weighted by molar-refractivity contribution is 0.754. The van der Waals surface area contributed by atoms with E-state index in [1.165, 1.54) is 5.56 Å². The minimum atomic E-state index is 0.572. The molecular weight excluding hydrogens is 293 g/mol. The van der Waals surface area contributed by atoms with Gasteiger partial charge in [-0.15, -0.1) is 0 Å². The fraction of sp³-hybridized carbons (Fsp3) is 0.333. The fourth-order valence-electron chi connectivity index (χ4n) is 2.50. The van der Waals surface area contributed by atoms with Gasteiger partial charge >= 0.3 is 0 Å². The molecule has 3 nitrogen and oxygen atoms in total. The Labute approximate surface area is 128 Å². The Morgan fingerprint density at radius 3 is 2.75 bits per heavy atom. The average molecular weight is 308 g/mol. The number of rotatable bonds is 3. The molecule has 20 heavy (non-hydrogen) atoms. The van der Waals surface area contributed by atoms with Crippen LogP contribution in [0.15, 0.2) is 18.2 Å². The van der Waals surface area contributed by atoms with Crippen molar-refractivity contribution in [3.8, 4) is 0 Å². The van der Waals surface area contributed by atoms with Gasteiger partial charge in [-0.3, -0.25) is 0 Å². The molecule has 1 N–H and O–H groups in total. The summed E-state index contributed by atoms with van der Waals surface area (Å²) in [6.45, 7) is 3.84. The molecule has 1 aliphatic rings. The van der Waals surface area contributed by atoms with E-state index in [-0.39, 0.29) is 0 Å². The molecule has 1 aliphatic heterocycles. The zero-order valence-corrected chi connectivity index (χ0v) is 12.7. The molecule has 0 fully saturated rings. The summed E-state index contributed by atoms with van der Waals surface area (Å²) < 4.78 is 0. The summed E-state index contributed by atoms with van der Waals surface area (Å²) in [6, 6.07) is 5.66. The summed E-state index contributed by atoms with van der Waals surface area (Å²) in [5.74, 6) is 0.850. The number of aromatic nitrogens is 2. The van der Waals surface area contributed by atoms with Gasteiger partial charge in [-0.2, -0.15) is 0 Å². The zero-order chi connectivity index (χ0) is 14.1. The Balaban J connectivity index is 1.92. The van der Waals surface area contributed by atoms with Crippen LogP contribution in [0.4, 0.5) is 0 Å². The molecule has 0 amide bonds. The summed E-state index contributed by atoms with van der Waals surface area (Å²) in [4.78, 5) is 9.34. The van der Waals surface area contributed by atoms with E-state index in [4.69, 9.17) is 23.2 Å². The first kappa shape index (κ1) is 13.8. The molecule has 104 valence electrons. The Morgan fingerprint density at radius 1 is 1.15 bits per heavy atom.